The summed E-state index contributed by atoms with van der Waals surface area (Å²) in [6, 6.07) is 12.1. The van der Waals surface area contributed by atoms with Gasteiger partial charge >= 0.3 is 0 Å². The average Bonchev–Trinajstić information content (AvgIpc) is 2.41. The van der Waals surface area contributed by atoms with E-state index in [1.54, 1.807) is 12.1 Å². The van der Waals surface area contributed by atoms with Gasteiger partial charge in [-0.05, 0) is 35.4 Å². The highest BCUT2D eigenvalue weighted by molar-refractivity contribution is 6.30. The van der Waals surface area contributed by atoms with E-state index in [0.717, 1.165) is 16.8 Å². The number of anilines is 1. The molecule has 2 rings (SSSR count). The molecular weight excluding hydrogens is 263 g/mol. The summed E-state index contributed by atoms with van der Waals surface area (Å²) in [7, 11) is 1.97. The number of halogens is 2. The first-order valence-corrected chi connectivity index (χ1v) is 6.42. The Morgan fingerprint density at radius 1 is 1.16 bits per heavy atom. The monoisotopic (exact) mass is 278 g/mol. The highest BCUT2D eigenvalue weighted by atomic mass is 35.5. The van der Waals surface area contributed by atoms with Crippen LogP contribution < -0.4 is 10.6 Å². The molecule has 0 unspecified atom stereocenters. The lowest BCUT2D eigenvalue weighted by atomic mass is 10.1. The SMILES string of the molecule is CN(Cc1ccc(F)cc1)c1cc(Cl)ccc1CN. The van der Waals surface area contributed by atoms with Crippen LogP contribution in [0.5, 0.6) is 0 Å². The van der Waals surface area contributed by atoms with Gasteiger partial charge in [0, 0.05) is 30.8 Å². The van der Waals surface area contributed by atoms with Gasteiger partial charge in [0.05, 0.1) is 0 Å². The Hall–Kier alpha value is -1.58. The third kappa shape index (κ3) is 3.46. The summed E-state index contributed by atoms with van der Waals surface area (Å²) < 4.78 is 12.9. The fraction of sp³-hybridized carbons (Fsp3) is 0.200. The Kier molecular flexibility index (Phi) is 4.40. The Balaban J connectivity index is 2.21. The van der Waals surface area contributed by atoms with Crippen molar-refractivity contribution in [2.24, 2.45) is 5.73 Å². The quantitative estimate of drug-likeness (QED) is 0.926. The number of rotatable bonds is 4. The van der Waals surface area contributed by atoms with Crippen LogP contribution in [0.15, 0.2) is 42.5 Å². The molecule has 100 valence electrons. The van der Waals surface area contributed by atoms with Gasteiger partial charge in [0.15, 0.2) is 0 Å². The molecule has 0 aliphatic heterocycles. The molecule has 0 amide bonds. The zero-order valence-electron chi connectivity index (χ0n) is 10.7. The average molecular weight is 279 g/mol. The maximum atomic E-state index is 12.9. The molecule has 2 aromatic rings. The molecular formula is C15H16ClFN2. The Morgan fingerprint density at radius 3 is 2.47 bits per heavy atom. The van der Waals surface area contributed by atoms with Crippen LogP contribution in [0.1, 0.15) is 11.1 Å². The van der Waals surface area contributed by atoms with Crippen molar-refractivity contribution in [1.82, 2.24) is 0 Å². The second kappa shape index (κ2) is 6.04. The second-order valence-electron chi connectivity index (χ2n) is 4.46. The van der Waals surface area contributed by atoms with Crippen molar-refractivity contribution in [3.05, 3.63) is 64.4 Å². The van der Waals surface area contributed by atoms with Crippen LogP contribution in [-0.4, -0.2) is 7.05 Å². The maximum Gasteiger partial charge on any atom is 0.123 e. The molecule has 19 heavy (non-hydrogen) atoms. The van der Waals surface area contributed by atoms with Crippen molar-refractivity contribution in [3.8, 4) is 0 Å². The molecule has 0 fully saturated rings. The summed E-state index contributed by atoms with van der Waals surface area (Å²) in [6.07, 6.45) is 0. The van der Waals surface area contributed by atoms with Gasteiger partial charge in [-0.25, -0.2) is 4.39 Å². The van der Waals surface area contributed by atoms with Crippen molar-refractivity contribution >= 4 is 17.3 Å². The normalized spacial score (nSPS) is 10.5. The van der Waals surface area contributed by atoms with E-state index in [2.05, 4.69) is 4.90 Å². The summed E-state index contributed by atoms with van der Waals surface area (Å²) in [5.74, 6) is -0.225. The molecule has 0 bridgehead atoms. The van der Waals surface area contributed by atoms with E-state index in [0.29, 0.717) is 18.1 Å². The van der Waals surface area contributed by atoms with Crippen LogP contribution in [0.2, 0.25) is 5.02 Å². The van der Waals surface area contributed by atoms with E-state index in [4.69, 9.17) is 17.3 Å². The summed E-state index contributed by atoms with van der Waals surface area (Å²) in [6.45, 7) is 1.13. The van der Waals surface area contributed by atoms with Crippen molar-refractivity contribution in [2.75, 3.05) is 11.9 Å². The van der Waals surface area contributed by atoms with Crippen LogP contribution in [0.3, 0.4) is 0 Å². The van der Waals surface area contributed by atoms with E-state index < -0.39 is 0 Å². The highest BCUT2D eigenvalue weighted by Crippen LogP contribution is 2.25. The highest BCUT2D eigenvalue weighted by Gasteiger charge is 2.08. The lowest BCUT2D eigenvalue weighted by molar-refractivity contribution is 0.627. The molecule has 0 radical (unpaired) electrons. The van der Waals surface area contributed by atoms with Crippen LogP contribution in [-0.2, 0) is 13.1 Å². The second-order valence-corrected chi connectivity index (χ2v) is 4.90. The molecule has 2 aromatic carbocycles. The Morgan fingerprint density at radius 2 is 1.84 bits per heavy atom. The minimum atomic E-state index is -0.225. The third-order valence-electron chi connectivity index (χ3n) is 3.01. The van der Waals surface area contributed by atoms with Crippen LogP contribution in [0.4, 0.5) is 10.1 Å². The van der Waals surface area contributed by atoms with E-state index >= 15 is 0 Å². The van der Waals surface area contributed by atoms with Gasteiger partial charge in [-0.3, -0.25) is 0 Å². The zero-order chi connectivity index (χ0) is 13.8. The molecule has 0 atom stereocenters. The van der Waals surface area contributed by atoms with Gasteiger partial charge in [0.2, 0.25) is 0 Å². The molecule has 2 N–H and O–H groups in total. The van der Waals surface area contributed by atoms with E-state index in [1.165, 1.54) is 12.1 Å². The topological polar surface area (TPSA) is 29.3 Å². The van der Waals surface area contributed by atoms with E-state index in [1.807, 2.05) is 25.2 Å². The molecule has 0 aliphatic carbocycles. The first-order chi connectivity index (χ1) is 9.10. The number of hydrogen-bond donors (Lipinski definition) is 1. The molecule has 0 saturated heterocycles. The number of nitrogens with two attached hydrogens (primary N) is 1. The minimum absolute atomic E-state index is 0.225. The Bertz CT molecular complexity index is 555. The predicted octanol–water partition coefficient (Wildman–Crippen LogP) is 3.57. The van der Waals surface area contributed by atoms with Gasteiger partial charge in [-0.15, -0.1) is 0 Å². The lowest BCUT2D eigenvalue weighted by Gasteiger charge is -2.22. The maximum absolute atomic E-state index is 12.9. The van der Waals surface area contributed by atoms with E-state index in [9.17, 15) is 4.39 Å². The van der Waals surface area contributed by atoms with Crippen molar-refractivity contribution in [3.63, 3.8) is 0 Å². The number of nitrogens with zero attached hydrogens (tertiary/aromatic N) is 1. The minimum Gasteiger partial charge on any atom is -0.370 e. The van der Waals surface area contributed by atoms with Crippen molar-refractivity contribution in [2.45, 2.75) is 13.1 Å². The van der Waals surface area contributed by atoms with E-state index in [-0.39, 0.29) is 5.82 Å². The fourth-order valence-electron chi connectivity index (χ4n) is 2.01. The summed E-state index contributed by atoms with van der Waals surface area (Å²) in [5.41, 5.74) is 8.80. The van der Waals surface area contributed by atoms with Crippen molar-refractivity contribution in [1.29, 1.82) is 0 Å². The molecule has 0 spiro atoms. The summed E-state index contributed by atoms with van der Waals surface area (Å²) in [4.78, 5) is 2.06. The predicted molar refractivity (Wildman–Crippen MR) is 77.9 cm³/mol. The summed E-state index contributed by atoms with van der Waals surface area (Å²) in [5, 5.41) is 0.679. The third-order valence-corrected chi connectivity index (χ3v) is 3.25. The molecule has 2 nitrogen and oxygen atoms in total. The van der Waals surface area contributed by atoms with Gasteiger partial charge in [0.1, 0.15) is 5.82 Å². The first kappa shape index (κ1) is 13.8. The molecule has 0 aliphatic rings. The van der Waals surface area contributed by atoms with Gasteiger partial charge in [0.25, 0.3) is 0 Å². The van der Waals surface area contributed by atoms with Gasteiger partial charge in [-0.2, -0.15) is 0 Å². The van der Waals surface area contributed by atoms with Crippen LogP contribution in [0.25, 0.3) is 0 Å². The summed E-state index contributed by atoms with van der Waals surface area (Å²) >= 11 is 6.02. The largest absolute Gasteiger partial charge is 0.370 e. The fourth-order valence-corrected chi connectivity index (χ4v) is 2.18. The molecule has 0 heterocycles. The molecule has 0 saturated carbocycles. The zero-order valence-corrected chi connectivity index (χ0v) is 11.5. The molecule has 4 heteroatoms. The Labute approximate surface area is 117 Å². The lowest BCUT2D eigenvalue weighted by Crippen LogP contribution is -2.19. The first-order valence-electron chi connectivity index (χ1n) is 6.04. The molecule has 0 aromatic heterocycles. The van der Waals surface area contributed by atoms with Crippen LogP contribution in [0, 0.1) is 5.82 Å². The smallest absolute Gasteiger partial charge is 0.123 e. The van der Waals surface area contributed by atoms with Crippen LogP contribution >= 0.6 is 11.6 Å². The van der Waals surface area contributed by atoms with Gasteiger partial charge < -0.3 is 10.6 Å². The number of hydrogen-bond acceptors (Lipinski definition) is 2. The van der Waals surface area contributed by atoms with Gasteiger partial charge in [-0.1, -0.05) is 29.8 Å². The standard InChI is InChI=1S/C15H16ClFN2/c1-19(10-11-2-6-14(17)7-3-11)15-8-13(16)5-4-12(15)9-18/h2-8H,9-10,18H2,1H3. The number of benzene rings is 2. The van der Waals surface area contributed by atoms with Crippen molar-refractivity contribution < 1.29 is 4.39 Å².